The molecule has 1 amide bonds. The molecule has 0 aliphatic heterocycles. The molecule has 0 saturated heterocycles. The molecular weight excluding hydrogens is 357 g/mol. The Labute approximate surface area is 152 Å². The van der Waals surface area contributed by atoms with E-state index < -0.39 is 13.9 Å². The molecule has 0 saturated carbocycles. The molecule has 0 atom stereocenters. The molecule has 2 N–H and O–H groups in total. The molecule has 0 spiro atoms. The van der Waals surface area contributed by atoms with Gasteiger partial charge >= 0.3 is 13.9 Å². The van der Waals surface area contributed by atoms with Crippen molar-refractivity contribution in [3.05, 3.63) is 71.8 Å². The summed E-state index contributed by atoms with van der Waals surface area (Å²) in [6.07, 6.45) is -0.551. The highest BCUT2D eigenvalue weighted by Gasteiger charge is 2.27. The summed E-state index contributed by atoms with van der Waals surface area (Å²) in [6, 6.07) is 18.6. The van der Waals surface area contributed by atoms with E-state index in [4.69, 9.17) is 19.3 Å². The van der Waals surface area contributed by atoms with Gasteiger partial charge in [-0.25, -0.2) is 9.36 Å². The second-order valence-corrected chi connectivity index (χ2v) is 6.99. The van der Waals surface area contributed by atoms with Crippen LogP contribution in [0.2, 0.25) is 0 Å². The maximum Gasteiger partial charge on any atom is 0.475 e. The zero-order valence-electron chi connectivity index (χ0n) is 14.3. The number of ether oxygens (including phenoxy) is 1. The molecule has 0 unspecified atom stereocenters. The van der Waals surface area contributed by atoms with Crippen LogP contribution >= 0.6 is 7.82 Å². The first-order valence-corrected chi connectivity index (χ1v) is 9.57. The van der Waals surface area contributed by atoms with Crippen LogP contribution in [0.25, 0.3) is 0 Å². The Balaban J connectivity index is 1.90. The molecule has 2 rings (SSSR count). The third-order valence-electron chi connectivity index (χ3n) is 3.25. The summed E-state index contributed by atoms with van der Waals surface area (Å²) >= 11 is 0. The van der Waals surface area contributed by atoms with Crippen LogP contribution < -0.4 is 5.73 Å². The Kier molecular flexibility index (Phi) is 8.31. The molecule has 2 aromatic carbocycles. The summed E-state index contributed by atoms with van der Waals surface area (Å²) in [5.74, 6) is 0. The van der Waals surface area contributed by atoms with E-state index in [1.165, 1.54) is 0 Å². The van der Waals surface area contributed by atoms with Crippen molar-refractivity contribution < 1.29 is 27.7 Å². The summed E-state index contributed by atoms with van der Waals surface area (Å²) in [5, 5.41) is 0. The zero-order chi connectivity index (χ0) is 18.7. The first kappa shape index (κ1) is 20.1. The SMILES string of the molecule is NC(=O)OCCCOP(=O)(OCc1ccccc1)OCc1ccccc1. The number of phosphoric acid groups is 1. The Morgan fingerprint density at radius 3 is 1.77 bits per heavy atom. The van der Waals surface area contributed by atoms with Gasteiger partial charge in [0.25, 0.3) is 0 Å². The van der Waals surface area contributed by atoms with Crippen LogP contribution in [0.15, 0.2) is 60.7 Å². The lowest BCUT2D eigenvalue weighted by Gasteiger charge is -2.18. The molecule has 0 aromatic heterocycles. The Morgan fingerprint density at radius 1 is 0.808 bits per heavy atom. The number of hydrogen-bond donors (Lipinski definition) is 1. The van der Waals surface area contributed by atoms with Gasteiger partial charge in [-0.1, -0.05) is 60.7 Å². The minimum atomic E-state index is -3.79. The normalized spacial score (nSPS) is 11.2. The van der Waals surface area contributed by atoms with Crippen LogP contribution in [0, 0.1) is 0 Å². The fraction of sp³-hybridized carbons (Fsp3) is 0.278. The van der Waals surface area contributed by atoms with Crippen molar-refractivity contribution in [3.8, 4) is 0 Å². The van der Waals surface area contributed by atoms with Crippen molar-refractivity contribution in [1.82, 2.24) is 0 Å². The summed E-state index contributed by atoms with van der Waals surface area (Å²) in [6.45, 7) is 0.274. The van der Waals surface area contributed by atoms with Crippen molar-refractivity contribution in [2.45, 2.75) is 19.6 Å². The topological polar surface area (TPSA) is 97.1 Å². The summed E-state index contributed by atoms with van der Waals surface area (Å²) < 4.78 is 33.7. The van der Waals surface area contributed by atoms with Gasteiger partial charge in [0, 0.05) is 6.42 Å². The molecule has 26 heavy (non-hydrogen) atoms. The molecular formula is C18H22NO6P. The lowest BCUT2D eigenvalue weighted by Crippen LogP contribution is -2.14. The highest BCUT2D eigenvalue weighted by molar-refractivity contribution is 7.48. The van der Waals surface area contributed by atoms with Gasteiger partial charge in [-0.3, -0.25) is 13.6 Å². The van der Waals surface area contributed by atoms with E-state index in [1.54, 1.807) is 0 Å². The number of phosphoric ester groups is 1. The number of hydrogen-bond acceptors (Lipinski definition) is 6. The molecule has 0 aliphatic rings. The Bertz CT molecular complexity index is 663. The lowest BCUT2D eigenvalue weighted by atomic mass is 10.2. The summed E-state index contributed by atoms with van der Waals surface area (Å²) in [4.78, 5) is 10.5. The maximum absolute atomic E-state index is 12.9. The lowest BCUT2D eigenvalue weighted by molar-refractivity contribution is 0.0942. The number of rotatable bonds is 11. The van der Waals surface area contributed by atoms with Gasteiger partial charge in [-0.15, -0.1) is 0 Å². The number of amides is 1. The Morgan fingerprint density at radius 2 is 1.31 bits per heavy atom. The van der Waals surface area contributed by atoms with Crippen molar-refractivity contribution in [1.29, 1.82) is 0 Å². The molecule has 0 radical (unpaired) electrons. The van der Waals surface area contributed by atoms with Crippen molar-refractivity contribution in [2.24, 2.45) is 5.73 Å². The van der Waals surface area contributed by atoms with Crippen LogP contribution in [-0.4, -0.2) is 19.3 Å². The third kappa shape index (κ3) is 7.80. The van der Waals surface area contributed by atoms with E-state index in [2.05, 4.69) is 4.74 Å². The number of carbonyl (C=O) groups is 1. The van der Waals surface area contributed by atoms with E-state index in [-0.39, 0.29) is 26.4 Å². The highest BCUT2D eigenvalue weighted by Crippen LogP contribution is 2.51. The average Bonchev–Trinajstić information content (AvgIpc) is 2.66. The molecule has 7 nitrogen and oxygen atoms in total. The summed E-state index contributed by atoms with van der Waals surface area (Å²) in [5.41, 5.74) is 6.57. The van der Waals surface area contributed by atoms with Gasteiger partial charge < -0.3 is 10.5 Å². The first-order chi connectivity index (χ1) is 12.6. The van der Waals surface area contributed by atoms with Gasteiger partial charge in [-0.05, 0) is 11.1 Å². The van der Waals surface area contributed by atoms with Gasteiger partial charge in [-0.2, -0.15) is 0 Å². The van der Waals surface area contributed by atoms with Crippen LogP contribution in [0.5, 0.6) is 0 Å². The van der Waals surface area contributed by atoms with E-state index in [9.17, 15) is 9.36 Å². The van der Waals surface area contributed by atoms with E-state index in [0.717, 1.165) is 11.1 Å². The van der Waals surface area contributed by atoms with E-state index >= 15 is 0 Å². The molecule has 8 heteroatoms. The first-order valence-electron chi connectivity index (χ1n) is 8.11. The second kappa shape index (κ2) is 10.7. The predicted molar refractivity (Wildman–Crippen MR) is 96.2 cm³/mol. The molecule has 140 valence electrons. The zero-order valence-corrected chi connectivity index (χ0v) is 15.2. The predicted octanol–water partition coefficient (Wildman–Crippen LogP) is 4.03. The number of benzene rings is 2. The summed E-state index contributed by atoms with van der Waals surface area (Å²) in [7, 11) is -3.79. The highest BCUT2D eigenvalue weighted by atomic mass is 31.2. The number of primary amides is 1. The number of carbonyl (C=O) groups excluding carboxylic acids is 1. The van der Waals surface area contributed by atoms with Gasteiger partial charge in [0.05, 0.1) is 26.4 Å². The van der Waals surface area contributed by atoms with Gasteiger partial charge in [0.15, 0.2) is 0 Å². The smallest absolute Gasteiger partial charge is 0.450 e. The monoisotopic (exact) mass is 379 g/mol. The van der Waals surface area contributed by atoms with Crippen molar-refractivity contribution in [2.75, 3.05) is 13.2 Å². The fourth-order valence-electron chi connectivity index (χ4n) is 1.98. The van der Waals surface area contributed by atoms with Crippen molar-refractivity contribution >= 4 is 13.9 Å². The molecule has 0 fully saturated rings. The van der Waals surface area contributed by atoms with Crippen LogP contribution in [0.1, 0.15) is 17.5 Å². The maximum atomic E-state index is 12.9. The molecule has 0 heterocycles. The largest absolute Gasteiger partial charge is 0.475 e. The Hall–Kier alpha value is -2.18. The minimum Gasteiger partial charge on any atom is -0.450 e. The van der Waals surface area contributed by atoms with Gasteiger partial charge in [0.2, 0.25) is 0 Å². The molecule has 0 aliphatic carbocycles. The average molecular weight is 379 g/mol. The second-order valence-electron chi connectivity index (χ2n) is 5.32. The van der Waals surface area contributed by atoms with Crippen LogP contribution in [-0.2, 0) is 36.1 Å². The molecule has 2 aromatic rings. The standard InChI is InChI=1S/C18H22NO6P/c19-18(20)22-12-7-13-23-26(21,24-14-16-8-3-1-4-9-16)25-15-17-10-5-2-6-11-17/h1-6,8-11H,7,12-15H2,(H2,19,20). The third-order valence-corrected chi connectivity index (χ3v) is 4.64. The van der Waals surface area contributed by atoms with E-state index in [1.807, 2.05) is 60.7 Å². The van der Waals surface area contributed by atoms with Crippen molar-refractivity contribution in [3.63, 3.8) is 0 Å². The number of nitrogens with two attached hydrogens (primary N) is 1. The van der Waals surface area contributed by atoms with Gasteiger partial charge in [0.1, 0.15) is 0 Å². The minimum absolute atomic E-state index is 0.0359. The van der Waals surface area contributed by atoms with Crippen LogP contribution in [0.4, 0.5) is 4.79 Å². The fourth-order valence-corrected chi connectivity index (χ4v) is 3.17. The quantitative estimate of drug-likeness (QED) is 0.468. The van der Waals surface area contributed by atoms with Crippen LogP contribution in [0.3, 0.4) is 0 Å². The molecule has 0 bridgehead atoms. The van der Waals surface area contributed by atoms with E-state index in [0.29, 0.717) is 6.42 Å².